The highest BCUT2D eigenvalue weighted by Gasteiger charge is 2.14. The van der Waals surface area contributed by atoms with E-state index in [1.807, 2.05) is 25.1 Å². The second-order valence-corrected chi connectivity index (χ2v) is 5.79. The first kappa shape index (κ1) is 15.1. The molecule has 3 heteroatoms. The van der Waals surface area contributed by atoms with E-state index in [9.17, 15) is 0 Å². The molecule has 0 saturated heterocycles. The average molecular weight is 268 g/mol. The van der Waals surface area contributed by atoms with Crippen LogP contribution in [0.5, 0.6) is 5.75 Å². The monoisotopic (exact) mass is 267 g/mol. The van der Waals surface area contributed by atoms with Crippen molar-refractivity contribution in [2.45, 2.75) is 45.9 Å². The van der Waals surface area contributed by atoms with E-state index in [-0.39, 0.29) is 11.6 Å². The van der Waals surface area contributed by atoms with Gasteiger partial charge in [-0.25, -0.2) is 0 Å². The van der Waals surface area contributed by atoms with Gasteiger partial charge in [0.2, 0.25) is 0 Å². The minimum Gasteiger partial charge on any atom is -0.486 e. The third-order valence-electron chi connectivity index (χ3n) is 2.52. The molecule has 1 unspecified atom stereocenters. The summed E-state index contributed by atoms with van der Waals surface area (Å²) in [4.78, 5) is 0. The summed E-state index contributed by atoms with van der Waals surface area (Å²) in [5, 5.41) is 4.14. The van der Waals surface area contributed by atoms with E-state index in [1.54, 1.807) is 6.08 Å². The van der Waals surface area contributed by atoms with Crippen LogP contribution in [-0.4, -0.2) is 11.6 Å². The Hall–Kier alpha value is -0.990. The lowest BCUT2D eigenvalue weighted by Crippen LogP contribution is -2.35. The molecule has 0 aliphatic rings. The number of hydrogen-bond acceptors (Lipinski definition) is 2. The predicted molar refractivity (Wildman–Crippen MR) is 78.3 cm³/mol. The number of rotatable bonds is 5. The molecule has 1 rings (SSSR count). The van der Waals surface area contributed by atoms with Gasteiger partial charge in [-0.15, -0.1) is 0 Å². The largest absolute Gasteiger partial charge is 0.486 e. The van der Waals surface area contributed by atoms with Gasteiger partial charge < -0.3 is 10.1 Å². The van der Waals surface area contributed by atoms with Crippen LogP contribution in [0.25, 0.3) is 0 Å². The second kappa shape index (κ2) is 6.26. The minimum atomic E-state index is -0.0307. The third kappa shape index (κ3) is 4.71. The Kier molecular flexibility index (Phi) is 5.24. The van der Waals surface area contributed by atoms with Crippen molar-refractivity contribution in [2.75, 3.05) is 0 Å². The third-order valence-corrected chi connectivity index (χ3v) is 2.87. The van der Waals surface area contributed by atoms with Crippen molar-refractivity contribution in [3.8, 4) is 5.75 Å². The van der Waals surface area contributed by atoms with Crippen LogP contribution in [0.3, 0.4) is 0 Å². The Bertz CT molecular complexity index is 409. The van der Waals surface area contributed by atoms with Gasteiger partial charge in [0.1, 0.15) is 11.9 Å². The molecule has 100 valence electrons. The number of benzene rings is 1. The van der Waals surface area contributed by atoms with E-state index in [0.29, 0.717) is 6.54 Å². The molecular formula is C15H22ClNO. The highest BCUT2D eigenvalue weighted by Crippen LogP contribution is 2.27. The fourth-order valence-electron chi connectivity index (χ4n) is 1.42. The van der Waals surface area contributed by atoms with Crippen molar-refractivity contribution in [1.82, 2.24) is 5.32 Å². The van der Waals surface area contributed by atoms with Crippen LogP contribution in [0, 0.1) is 0 Å². The molecule has 18 heavy (non-hydrogen) atoms. The lowest BCUT2D eigenvalue weighted by molar-refractivity contribution is 0.266. The summed E-state index contributed by atoms with van der Waals surface area (Å²) in [6.45, 7) is 12.7. The van der Waals surface area contributed by atoms with Crippen LogP contribution in [0.4, 0.5) is 0 Å². The fraction of sp³-hybridized carbons (Fsp3) is 0.467. The van der Waals surface area contributed by atoms with Crippen molar-refractivity contribution < 1.29 is 4.74 Å². The summed E-state index contributed by atoms with van der Waals surface area (Å²) in [6, 6.07) is 5.71. The lowest BCUT2D eigenvalue weighted by atomic mass is 10.1. The van der Waals surface area contributed by atoms with Crippen molar-refractivity contribution in [2.24, 2.45) is 0 Å². The maximum atomic E-state index is 6.24. The Balaban J connectivity index is 2.90. The van der Waals surface area contributed by atoms with E-state index in [4.69, 9.17) is 16.3 Å². The Morgan fingerprint density at radius 3 is 2.67 bits per heavy atom. The molecule has 0 saturated carbocycles. The average Bonchev–Trinajstić information content (AvgIpc) is 2.26. The smallest absolute Gasteiger partial charge is 0.126 e. The maximum absolute atomic E-state index is 6.24. The molecule has 1 atom stereocenters. The van der Waals surface area contributed by atoms with Gasteiger partial charge in [-0.1, -0.05) is 30.3 Å². The molecule has 0 fully saturated rings. The van der Waals surface area contributed by atoms with Gasteiger partial charge in [0, 0.05) is 22.7 Å². The first-order valence-corrected chi connectivity index (χ1v) is 6.53. The van der Waals surface area contributed by atoms with Crippen molar-refractivity contribution in [1.29, 1.82) is 0 Å². The van der Waals surface area contributed by atoms with E-state index < -0.39 is 0 Å². The minimum absolute atomic E-state index is 0.0307. The normalized spacial score (nSPS) is 13.2. The van der Waals surface area contributed by atoms with Crippen LogP contribution in [0.2, 0.25) is 5.02 Å². The molecule has 1 aromatic carbocycles. The highest BCUT2D eigenvalue weighted by atomic mass is 35.5. The Labute approximate surface area is 115 Å². The summed E-state index contributed by atoms with van der Waals surface area (Å²) < 4.78 is 5.80. The molecule has 1 N–H and O–H groups in total. The van der Waals surface area contributed by atoms with E-state index in [2.05, 4.69) is 32.7 Å². The van der Waals surface area contributed by atoms with Gasteiger partial charge in [-0.05, 0) is 39.8 Å². The predicted octanol–water partition coefficient (Wildman–Crippen LogP) is 4.18. The molecule has 0 radical (unpaired) electrons. The second-order valence-electron chi connectivity index (χ2n) is 5.38. The van der Waals surface area contributed by atoms with Gasteiger partial charge in [0.15, 0.2) is 0 Å². The number of ether oxygens (including phenoxy) is 1. The van der Waals surface area contributed by atoms with Gasteiger partial charge in [0.05, 0.1) is 0 Å². The van der Waals surface area contributed by atoms with Gasteiger partial charge in [-0.3, -0.25) is 0 Å². The molecule has 0 spiro atoms. The Morgan fingerprint density at radius 2 is 2.11 bits per heavy atom. The first-order valence-electron chi connectivity index (χ1n) is 6.15. The van der Waals surface area contributed by atoms with Crippen molar-refractivity contribution in [3.05, 3.63) is 41.4 Å². The zero-order chi connectivity index (χ0) is 13.8. The van der Waals surface area contributed by atoms with Crippen LogP contribution in [0.1, 0.15) is 33.3 Å². The summed E-state index contributed by atoms with van der Waals surface area (Å²) in [6.07, 6.45) is 1.74. The van der Waals surface area contributed by atoms with Gasteiger partial charge in [-0.2, -0.15) is 0 Å². The molecular weight excluding hydrogens is 246 g/mol. The molecule has 2 nitrogen and oxygen atoms in total. The van der Waals surface area contributed by atoms with Crippen molar-refractivity contribution >= 4 is 11.6 Å². The molecule has 0 bridgehead atoms. The van der Waals surface area contributed by atoms with Crippen LogP contribution < -0.4 is 10.1 Å². The van der Waals surface area contributed by atoms with E-state index in [0.717, 1.165) is 16.3 Å². The van der Waals surface area contributed by atoms with Gasteiger partial charge >= 0.3 is 0 Å². The number of hydrogen-bond donors (Lipinski definition) is 1. The quantitative estimate of drug-likeness (QED) is 0.808. The van der Waals surface area contributed by atoms with Crippen LogP contribution >= 0.6 is 11.6 Å². The maximum Gasteiger partial charge on any atom is 0.126 e. The first-order chi connectivity index (χ1) is 8.33. The molecule has 0 heterocycles. The Morgan fingerprint density at radius 1 is 1.44 bits per heavy atom. The fourth-order valence-corrected chi connectivity index (χ4v) is 1.66. The number of halogens is 1. The number of nitrogens with one attached hydrogen (secondary N) is 1. The summed E-state index contributed by atoms with van der Waals surface area (Å²) >= 11 is 6.24. The van der Waals surface area contributed by atoms with E-state index in [1.165, 1.54) is 0 Å². The molecule has 0 aliphatic carbocycles. The highest BCUT2D eigenvalue weighted by molar-refractivity contribution is 6.31. The topological polar surface area (TPSA) is 21.3 Å². The summed E-state index contributed by atoms with van der Waals surface area (Å²) in [5.74, 6) is 0.812. The zero-order valence-electron chi connectivity index (χ0n) is 11.6. The van der Waals surface area contributed by atoms with Crippen molar-refractivity contribution in [3.63, 3.8) is 0 Å². The summed E-state index contributed by atoms with van der Waals surface area (Å²) in [7, 11) is 0. The lowest BCUT2D eigenvalue weighted by Gasteiger charge is -2.23. The SMILES string of the molecule is C=CC(C)Oc1cccc(Cl)c1CNC(C)(C)C. The van der Waals surface area contributed by atoms with E-state index >= 15 is 0 Å². The molecule has 0 aliphatic heterocycles. The summed E-state index contributed by atoms with van der Waals surface area (Å²) in [5.41, 5.74) is 1.03. The van der Waals surface area contributed by atoms with Crippen LogP contribution in [-0.2, 0) is 6.54 Å². The molecule has 0 amide bonds. The zero-order valence-corrected chi connectivity index (χ0v) is 12.3. The van der Waals surface area contributed by atoms with Gasteiger partial charge in [0.25, 0.3) is 0 Å². The molecule has 0 aromatic heterocycles. The molecule has 1 aromatic rings. The standard InChI is InChI=1S/C15H22ClNO/c1-6-11(2)18-14-9-7-8-13(16)12(14)10-17-15(3,4)5/h6-9,11,17H,1,10H2,2-5H3. The van der Waals surface area contributed by atoms with Crippen LogP contribution in [0.15, 0.2) is 30.9 Å².